The highest BCUT2D eigenvalue weighted by Gasteiger charge is 2.45. The van der Waals surface area contributed by atoms with Crippen LogP contribution in [-0.4, -0.2) is 74.7 Å². The normalized spacial score (nSPS) is 43.5. The van der Waals surface area contributed by atoms with Crippen molar-refractivity contribution in [3.05, 3.63) is 0 Å². The molecule has 0 amide bonds. The van der Waals surface area contributed by atoms with Crippen molar-refractivity contribution in [2.24, 2.45) is 11.3 Å². The van der Waals surface area contributed by atoms with E-state index in [2.05, 4.69) is 27.5 Å². The van der Waals surface area contributed by atoms with E-state index in [-0.39, 0.29) is 0 Å². The van der Waals surface area contributed by atoms with Gasteiger partial charge in [0, 0.05) is 56.8 Å². The lowest BCUT2D eigenvalue weighted by Gasteiger charge is -2.39. The maximum Gasteiger partial charge on any atom is 0.0239 e. The summed E-state index contributed by atoms with van der Waals surface area (Å²) in [7, 11) is 2.25. The van der Waals surface area contributed by atoms with E-state index in [0.29, 0.717) is 5.41 Å². The van der Waals surface area contributed by atoms with Crippen molar-refractivity contribution in [3.63, 3.8) is 0 Å². The van der Waals surface area contributed by atoms with E-state index in [4.69, 9.17) is 0 Å². The predicted molar refractivity (Wildman–Crippen MR) is 72.7 cm³/mol. The van der Waals surface area contributed by atoms with Gasteiger partial charge in [-0.05, 0) is 32.4 Å². The first-order valence-electron chi connectivity index (χ1n) is 7.60. The first-order valence-corrected chi connectivity index (χ1v) is 7.60. The molecule has 0 saturated carbocycles. The Hall–Kier alpha value is -0.160. The zero-order valence-corrected chi connectivity index (χ0v) is 11.5. The van der Waals surface area contributed by atoms with Crippen LogP contribution in [0.1, 0.15) is 12.8 Å². The lowest BCUT2D eigenvalue weighted by Crippen LogP contribution is -2.55. The third-order valence-corrected chi connectivity index (χ3v) is 5.66. The van der Waals surface area contributed by atoms with Crippen LogP contribution < -0.4 is 10.6 Å². The Kier molecular flexibility index (Phi) is 2.70. The quantitative estimate of drug-likeness (QED) is 0.696. The minimum Gasteiger partial charge on any atom is -0.315 e. The zero-order chi connectivity index (χ0) is 12.2. The number of rotatable bonds is 2. The Morgan fingerprint density at radius 2 is 2.17 bits per heavy atom. The Morgan fingerprint density at radius 1 is 1.28 bits per heavy atom. The van der Waals surface area contributed by atoms with Gasteiger partial charge in [0.25, 0.3) is 0 Å². The average Bonchev–Trinajstić information content (AvgIpc) is 2.90. The fourth-order valence-corrected chi connectivity index (χ4v) is 4.64. The van der Waals surface area contributed by atoms with Gasteiger partial charge in [-0.25, -0.2) is 0 Å². The molecule has 102 valence electrons. The van der Waals surface area contributed by atoms with Gasteiger partial charge < -0.3 is 20.4 Å². The Bertz CT molecular complexity index is 314. The molecule has 4 aliphatic rings. The molecule has 4 nitrogen and oxygen atoms in total. The SMILES string of the molecule is CN1C[C@H]2CC(CN3CCC4(CNC4)C3)N[C@H]2C1. The Balaban J connectivity index is 1.29. The molecule has 4 aliphatic heterocycles. The van der Waals surface area contributed by atoms with Crippen molar-refractivity contribution < 1.29 is 0 Å². The van der Waals surface area contributed by atoms with Crippen LogP contribution in [0, 0.1) is 11.3 Å². The minimum absolute atomic E-state index is 0.661. The maximum atomic E-state index is 3.87. The van der Waals surface area contributed by atoms with Crippen LogP contribution in [-0.2, 0) is 0 Å². The van der Waals surface area contributed by atoms with Crippen LogP contribution in [0.5, 0.6) is 0 Å². The summed E-state index contributed by atoms with van der Waals surface area (Å²) in [6, 6.07) is 1.54. The molecule has 0 aliphatic carbocycles. The number of likely N-dealkylation sites (tertiary alicyclic amines) is 2. The van der Waals surface area contributed by atoms with Gasteiger partial charge in [-0.2, -0.15) is 0 Å². The van der Waals surface area contributed by atoms with Crippen LogP contribution in [0.25, 0.3) is 0 Å². The molecule has 0 aromatic rings. The third-order valence-electron chi connectivity index (χ3n) is 5.66. The summed E-state index contributed by atoms with van der Waals surface area (Å²) in [6.07, 6.45) is 2.82. The minimum atomic E-state index is 0.661. The number of hydrogen-bond donors (Lipinski definition) is 2. The van der Waals surface area contributed by atoms with Gasteiger partial charge >= 0.3 is 0 Å². The molecule has 1 unspecified atom stereocenters. The summed E-state index contributed by atoms with van der Waals surface area (Å²) in [6.45, 7) is 9.05. The first kappa shape index (κ1) is 11.6. The third kappa shape index (κ3) is 1.90. The van der Waals surface area contributed by atoms with Crippen LogP contribution in [0.4, 0.5) is 0 Å². The van der Waals surface area contributed by atoms with Crippen LogP contribution in [0.15, 0.2) is 0 Å². The molecule has 0 bridgehead atoms. The van der Waals surface area contributed by atoms with Crippen LogP contribution >= 0.6 is 0 Å². The van der Waals surface area contributed by atoms with Crippen LogP contribution in [0.3, 0.4) is 0 Å². The number of nitrogens with one attached hydrogen (secondary N) is 2. The van der Waals surface area contributed by atoms with Gasteiger partial charge in [0.15, 0.2) is 0 Å². The Morgan fingerprint density at radius 3 is 2.83 bits per heavy atom. The molecule has 4 heterocycles. The topological polar surface area (TPSA) is 30.5 Å². The highest BCUT2D eigenvalue weighted by molar-refractivity contribution is 5.02. The van der Waals surface area contributed by atoms with E-state index in [0.717, 1.165) is 18.0 Å². The second-order valence-corrected chi connectivity index (χ2v) is 7.28. The number of likely N-dealkylation sites (N-methyl/N-ethyl adjacent to an activating group) is 1. The molecule has 3 atom stereocenters. The molecule has 1 spiro atoms. The summed E-state index contributed by atoms with van der Waals surface area (Å²) in [5.74, 6) is 0.918. The molecule has 4 rings (SSSR count). The van der Waals surface area contributed by atoms with E-state index in [9.17, 15) is 0 Å². The van der Waals surface area contributed by atoms with Gasteiger partial charge in [0.2, 0.25) is 0 Å². The Labute approximate surface area is 110 Å². The molecule has 4 fully saturated rings. The molecule has 18 heavy (non-hydrogen) atoms. The van der Waals surface area contributed by atoms with Crippen LogP contribution in [0.2, 0.25) is 0 Å². The first-order chi connectivity index (χ1) is 8.72. The maximum absolute atomic E-state index is 3.87. The van der Waals surface area contributed by atoms with Crippen molar-refractivity contribution in [3.8, 4) is 0 Å². The van der Waals surface area contributed by atoms with Gasteiger partial charge in [0.05, 0.1) is 0 Å². The van der Waals surface area contributed by atoms with Gasteiger partial charge in [-0.15, -0.1) is 0 Å². The van der Waals surface area contributed by atoms with Crippen molar-refractivity contribution >= 4 is 0 Å². The second kappa shape index (κ2) is 4.17. The highest BCUT2D eigenvalue weighted by Crippen LogP contribution is 2.35. The fourth-order valence-electron chi connectivity index (χ4n) is 4.64. The van der Waals surface area contributed by atoms with Crippen molar-refractivity contribution in [1.82, 2.24) is 20.4 Å². The van der Waals surface area contributed by atoms with Gasteiger partial charge in [-0.1, -0.05) is 0 Å². The second-order valence-electron chi connectivity index (χ2n) is 7.28. The van der Waals surface area contributed by atoms with Gasteiger partial charge in [-0.3, -0.25) is 0 Å². The predicted octanol–water partition coefficient (Wildman–Crippen LogP) is -0.426. The van der Waals surface area contributed by atoms with Crippen molar-refractivity contribution in [1.29, 1.82) is 0 Å². The van der Waals surface area contributed by atoms with E-state index in [1.54, 1.807) is 0 Å². The summed E-state index contributed by atoms with van der Waals surface area (Å²) in [5.41, 5.74) is 0.661. The van der Waals surface area contributed by atoms with E-state index < -0.39 is 0 Å². The van der Waals surface area contributed by atoms with E-state index in [1.807, 2.05) is 0 Å². The standard InChI is InChI=1S/C14H26N4/c1-17-5-11-4-12(16-13(11)7-17)6-18-3-2-14(10-18)8-15-9-14/h11-13,15-16H,2-10H2,1H3/t11-,12?,13+/m1/s1. The monoisotopic (exact) mass is 250 g/mol. The highest BCUT2D eigenvalue weighted by atomic mass is 15.2. The summed E-state index contributed by atoms with van der Waals surface area (Å²) in [5, 5.41) is 7.32. The molecule has 0 radical (unpaired) electrons. The molecule has 0 aromatic heterocycles. The fraction of sp³-hybridized carbons (Fsp3) is 1.00. The van der Waals surface area contributed by atoms with Gasteiger partial charge in [0.1, 0.15) is 0 Å². The molecule has 4 heteroatoms. The van der Waals surface area contributed by atoms with Crippen molar-refractivity contribution in [2.45, 2.75) is 24.9 Å². The molecular weight excluding hydrogens is 224 g/mol. The lowest BCUT2D eigenvalue weighted by atomic mass is 9.81. The lowest BCUT2D eigenvalue weighted by molar-refractivity contribution is 0.164. The van der Waals surface area contributed by atoms with E-state index in [1.165, 1.54) is 58.7 Å². The molecule has 0 aromatic carbocycles. The molecule has 4 saturated heterocycles. The number of fused-ring (bicyclic) bond motifs is 1. The summed E-state index contributed by atoms with van der Waals surface area (Å²) >= 11 is 0. The summed E-state index contributed by atoms with van der Waals surface area (Å²) < 4.78 is 0. The smallest absolute Gasteiger partial charge is 0.0239 e. The van der Waals surface area contributed by atoms with E-state index >= 15 is 0 Å². The average molecular weight is 250 g/mol. The molecular formula is C14H26N4. The van der Waals surface area contributed by atoms with Crippen molar-refractivity contribution in [2.75, 3.05) is 52.9 Å². The zero-order valence-electron chi connectivity index (χ0n) is 11.5. The number of hydrogen-bond acceptors (Lipinski definition) is 4. The largest absolute Gasteiger partial charge is 0.315 e. The summed E-state index contributed by atoms with van der Waals surface area (Å²) in [4.78, 5) is 5.19. The number of nitrogens with zero attached hydrogens (tertiary/aromatic N) is 2. The molecule has 2 N–H and O–H groups in total.